The minimum Gasteiger partial charge on any atom is -0.320 e. The Morgan fingerprint density at radius 2 is 2.11 bits per heavy atom. The van der Waals surface area contributed by atoms with E-state index in [0.29, 0.717) is 12.2 Å². The van der Waals surface area contributed by atoms with Crippen LogP contribution in [0.25, 0.3) is 0 Å². The van der Waals surface area contributed by atoms with Crippen molar-refractivity contribution in [2.75, 3.05) is 31.9 Å². The first kappa shape index (κ1) is 14.9. The van der Waals surface area contributed by atoms with Gasteiger partial charge in [-0.2, -0.15) is 12.7 Å². The number of anilines is 1. The summed E-state index contributed by atoms with van der Waals surface area (Å²) in [6.45, 7) is 3.11. The van der Waals surface area contributed by atoms with Gasteiger partial charge in [-0.3, -0.25) is 9.71 Å². The molecule has 102 valence electrons. The quantitative estimate of drug-likeness (QED) is 0.712. The maximum Gasteiger partial charge on any atom is 0.301 e. The molecule has 0 unspecified atom stereocenters. The highest BCUT2D eigenvalue weighted by molar-refractivity contribution is 7.90. The number of hydrogen-bond acceptors (Lipinski definition) is 4. The highest BCUT2D eigenvalue weighted by Crippen LogP contribution is 2.11. The van der Waals surface area contributed by atoms with Crippen LogP contribution in [-0.2, 0) is 10.2 Å². The molecule has 1 heterocycles. The third-order valence-corrected chi connectivity index (χ3v) is 3.93. The van der Waals surface area contributed by atoms with Crippen molar-refractivity contribution < 1.29 is 8.42 Å². The summed E-state index contributed by atoms with van der Waals surface area (Å²) in [5.41, 5.74) is 1.39. The highest BCUT2D eigenvalue weighted by atomic mass is 32.2. The summed E-state index contributed by atoms with van der Waals surface area (Å²) >= 11 is 0. The Hall–Kier alpha value is -1.18. The van der Waals surface area contributed by atoms with E-state index in [-0.39, 0.29) is 0 Å². The zero-order valence-electron chi connectivity index (χ0n) is 11.0. The number of pyridine rings is 1. The predicted molar refractivity (Wildman–Crippen MR) is 72.7 cm³/mol. The molecule has 18 heavy (non-hydrogen) atoms. The second-order valence-electron chi connectivity index (χ2n) is 4.14. The van der Waals surface area contributed by atoms with Crippen LogP contribution < -0.4 is 10.0 Å². The van der Waals surface area contributed by atoms with E-state index in [2.05, 4.69) is 15.0 Å². The third-order valence-electron chi connectivity index (χ3n) is 2.43. The zero-order chi connectivity index (χ0) is 13.6. The van der Waals surface area contributed by atoms with Crippen LogP contribution in [-0.4, -0.2) is 44.9 Å². The third kappa shape index (κ3) is 4.59. The maximum absolute atomic E-state index is 12.0. The number of nitrogens with zero attached hydrogens (tertiary/aromatic N) is 2. The van der Waals surface area contributed by atoms with E-state index in [1.807, 2.05) is 14.0 Å². The largest absolute Gasteiger partial charge is 0.320 e. The molecule has 2 N–H and O–H groups in total. The lowest BCUT2D eigenvalue weighted by Gasteiger charge is -2.18. The van der Waals surface area contributed by atoms with Gasteiger partial charge in [0.25, 0.3) is 0 Å². The van der Waals surface area contributed by atoms with Gasteiger partial charge in [0, 0.05) is 19.8 Å². The smallest absolute Gasteiger partial charge is 0.301 e. The molecular weight excluding hydrogens is 252 g/mol. The van der Waals surface area contributed by atoms with Crippen molar-refractivity contribution in [1.29, 1.82) is 0 Å². The lowest BCUT2D eigenvalue weighted by Crippen LogP contribution is -2.34. The first-order valence-corrected chi connectivity index (χ1v) is 7.20. The summed E-state index contributed by atoms with van der Waals surface area (Å²) in [6.07, 6.45) is 3.93. The summed E-state index contributed by atoms with van der Waals surface area (Å²) < 4.78 is 27.7. The van der Waals surface area contributed by atoms with Crippen LogP contribution in [0.15, 0.2) is 18.5 Å². The van der Waals surface area contributed by atoms with Gasteiger partial charge in [-0.25, -0.2) is 0 Å². The van der Waals surface area contributed by atoms with Crippen molar-refractivity contribution in [1.82, 2.24) is 14.6 Å². The molecule has 1 aromatic heterocycles. The molecule has 1 rings (SSSR count). The molecule has 0 radical (unpaired) electrons. The van der Waals surface area contributed by atoms with Crippen LogP contribution in [0.4, 0.5) is 5.69 Å². The standard InChI is InChI=1S/C11H20N4O2S/c1-10-7-11(9-13-8-10)14-18(16,17)15(3)6-4-5-12-2/h7-9,12,14H,4-6H2,1-3H3. The van der Waals surface area contributed by atoms with Gasteiger partial charge >= 0.3 is 10.2 Å². The number of aryl methyl sites for hydroxylation is 1. The van der Waals surface area contributed by atoms with E-state index in [1.54, 1.807) is 19.3 Å². The minimum atomic E-state index is -3.50. The molecule has 0 saturated carbocycles. The Balaban J connectivity index is 2.64. The summed E-state index contributed by atoms with van der Waals surface area (Å²) in [6, 6.07) is 1.74. The predicted octanol–water partition coefficient (Wildman–Crippen LogP) is 0.588. The van der Waals surface area contributed by atoms with Crippen LogP contribution in [0, 0.1) is 6.92 Å². The van der Waals surface area contributed by atoms with Crippen molar-refractivity contribution in [3.63, 3.8) is 0 Å². The Labute approximate surface area is 109 Å². The monoisotopic (exact) mass is 272 g/mol. The van der Waals surface area contributed by atoms with E-state index in [9.17, 15) is 8.42 Å². The molecule has 0 aromatic carbocycles. The number of nitrogens with one attached hydrogen (secondary N) is 2. The maximum atomic E-state index is 12.0. The second-order valence-corrected chi connectivity index (χ2v) is 5.91. The van der Waals surface area contributed by atoms with Crippen molar-refractivity contribution in [2.45, 2.75) is 13.3 Å². The second kappa shape index (κ2) is 6.67. The number of hydrogen-bond donors (Lipinski definition) is 2. The molecule has 0 bridgehead atoms. The minimum absolute atomic E-state index is 0.468. The van der Waals surface area contributed by atoms with E-state index < -0.39 is 10.2 Å². The van der Waals surface area contributed by atoms with Gasteiger partial charge in [0.15, 0.2) is 0 Å². The van der Waals surface area contributed by atoms with E-state index >= 15 is 0 Å². The van der Waals surface area contributed by atoms with Gasteiger partial charge in [0.05, 0.1) is 11.9 Å². The fourth-order valence-electron chi connectivity index (χ4n) is 1.44. The normalized spacial score (nSPS) is 11.8. The number of aromatic nitrogens is 1. The van der Waals surface area contributed by atoms with Crippen molar-refractivity contribution in [3.05, 3.63) is 24.0 Å². The van der Waals surface area contributed by atoms with Gasteiger partial charge in [-0.05, 0) is 38.6 Å². The average Bonchev–Trinajstić information content (AvgIpc) is 2.28. The van der Waals surface area contributed by atoms with Crippen molar-refractivity contribution in [2.24, 2.45) is 0 Å². The Kier molecular flexibility index (Phi) is 5.52. The summed E-state index contributed by atoms with van der Waals surface area (Å²) in [5.74, 6) is 0. The van der Waals surface area contributed by atoms with Crippen molar-refractivity contribution >= 4 is 15.9 Å². The zero-order valence-corrected chi connectivity index (χ0v) is 11.8. The summed E-state index contributed by atoms with van der Waals surface area (Å²) in [7, 11) is -0.0998. The van der Waals surface area contributed by atoms with Crippen LogP contribution in [0.2, 0.25) is 0 Å². The molecule has 1 aromatic rings. The fourth-order valence-corrected chi connectivity index (χ4v) is 2.37. The first-order chi connectivity index (χ1) is 8.45. The molecule has 0 spiro atoms. The molecule has 0 aliphatic heterocycles. The molecule has 0 aliphatic rings. The van der Waals surface area contributed by atoms with Crippen LogP contribution in [0.5, 0.6) is 0 Å². The van der Waals surface area contributed by atoms with E-state index in [4.69, 9.17) is 0 Å². The van der Waals surface area contributed by atoms with Crippen LogP contribution >= 0.6 is 0 Å². The topological polar surface area (TPSA) is 74.3 Å². The average molecular weight is 272 g/mol. The highest BCUT2D eigenvalue weighted by Gasteiger charge is 2.16. The van der Waals surface area contributed by atoms with Gasteiger partial charge in [0.2, 0.25) is 0 Å². The van der Waals surface area contributed by atoms with Crippen LogP contribution in [0.1, 0.15) is 12.0 Å². The molecule has 0 atom stereocenters. The molecule has 0 saturated heterocycles. The molecular formula is C11H20N4O2S. The van der Waals surface area contributed by atoms with E-state index in [1.165, 1.54) is 10.5 Å². The molecule has 0 amide bonds. The fraction of sp³-hybridized carbons (Fsp3) is 0.545. The lowest BCUT2D eigenvalue weighted by atomic mass is 10.3. The molecule has 0 aliphatic carbocycles. The van der Waals surface area contributed by atoms with Gasteiger partial charge in [0.1, 0.15) is 0 Å². The first-order valence-electron chi connectivity index (χ1n) is 5.76. The van der Waals surface area contributed by atoms with Gasteiger partial charge in [-0.15, -0.1) is 0 Å². The summed E-state index contributed by atoms with van der Waals surface area (Å²) in [5, 5.41) is 2.98. The Morgan fingerprint density at radius 1 is 1.39 bits per heavy atom. The van der Waals surface area contributed by atoms with Gasteiger partial charge in [-0.1, -0.05) is 0 Å². The van der Waals surface area contributed by atoms with E-state index in [0.717, 1.165) is 18.5 Å². The Bertz CT molecular complexity index is 476. The summed E-state index contributed by atoms with van der Waals surface area (Å²) in [4.78, 5) is 3.95. The van der Waals surface area contributed by atoms with Gasteiger partial charge < -0.3 is 5.32 Å². The lowest BCUT2D eigenvalue weighted by molar-refractivity contribution is 0.462. The SMILES string of the molecule is CNCCCN(C)S(=O)(=O)Nc1cncc(C)c1. The number of rotatable bonds is 7. The van der Waals surface area contributed by atoms with Crippen molar-refractivity contribution in [3.8, 4) is 0 Å². The molecule has 7 heteroatoms. The van der Waals surface area contributed by atoms with Crippen LogP contribution in [0.3, 0.4) is 0 Å². The Morgan fingerprint density at radius 3 is 2.72 bits per heavy atom. The molecule has 0 fully saturated rings. The molecule has 6 nitrogen and oxygen atoms in total.